The second-order valence-corrected chi connectivity index (χ2v) is 12.8. The Balaban J connectivity index is 0.000000190. The zero-order valence-electron chi connectivity index (χ0n) is 28.5. The fourth-order valence-electron chi connectivity index (χ4n) is 6.71. The second-order valence-electron chi connectivity index (χ2n) is 12.8. The van der Waals surface area contributed by atoms with E-state index in [1.54, 1.807) is 6.07 Å². The van der Waals surface area contributed by atoms with E-state index in [4.69, 9.17) is 0 Å². The molecule has 0 saturated heterocycles. The molecular weight excluding hydrogens is 654 g/mol. The minimum absolute atomic E-state index is 0.159. The number of phenolic OH excluding ortho intramolecular Hbond substituents is 3. The first-order chi connectivity index (χ1) is 25.2. The Kier molecular flexibility index (Phi) is 8.03. The van der Waals surface area contributed by atoms with Crippen LogP contribution in [-0.4, -0.2) is 61.6 Å². The first-order valence-electron chi connectivity index (χ1n) is 16.6. The van der Waals surface area contributed by atoms with E-state index in [0.717, 1.165) is 61.0 Å². The lowest BCUT2D eigenvalue weighted by atomic mass is 9.91. The Labute approximate surface area is 296 Å². The molecule has 0 radical (unpaired) electrons. The summed E-state index contributed by atoms with van der Waals surface area (Å²) in [7, 11) is 0. The van der Waals surface area contributed by atoms with Gasteiger partial charge >= 0.3 is 0 Å². The largest absolute Gasteiger partial charge is 0.507 e. The highest BCUT2D eigenvalue weighted by molar-refractivity contribution is 5.95. The van der Waals surface area contributed by atoms with Crippen LogP contribution < -0.4 is 0 Å². The van der Waals surface area contributed by atoms with E-state index >= 15 is 0 Å². The molecule has 12 heteroatoms. The number of aromatic nitrogens is 9. The average molecular weight is 688 g/mol. The van der Waals surface area contributed by atoms with E-state index in [2.05, 4.69) is 46.2 Å². The summed E-state index contributed by atoms with van der Waals surface area (Å²) in [6.07, 6.45) is 0.352. The van der Waals surface area contributed by atoms with Gasteiger partial charge in [0.1, 0.15) is 50.3 Å². The maximum absolute atomic E-state index is 11.3. The lowest BCUT2D eigenvalue weighted by molar-refractivity contribution is 0.465. The van der Waals surface area contributed by atoms with E-state index in [1.165, 1.54) is 0 Å². The Morgan fingerprint density at radius 2 is 0.827 bits per heavy atom. The Morgan fingerprint density at radius 3 is 1.27 bits per heavy atom. The number of phenols is 3. The maximum Gasteiger partial charge on any atom is 0.127 e. The van der Waals surface area contributed by atoms with Crippen molar-refractivity contribution in [1.29, 1.82) is 0 Å². The molecular formula is C40H33N9O3. The van der Waals surface area contributed by atoms with Gasteiger partial charge in [-0.15, -0.1) is 0 Å². The SMILES string of the molecule is Cc1cc(Cc2cc(C)cc(-c3cccc4n[nH]nc34)c2O)c(O)c(-c2cccc3n[nH]nc23)c1.Cc1ccc(O)c(-c2cccc3n[nH]nc23)c1. The van der Waals surface area contributed by atoms with Crippen LogP contribution in [0.3, 0.4) is 0 Å². The number of aromatic hydroxyl groups is 3. The van der Waals surface area contributed by atoms with Crippen LogP contribution in [0.1, 0.15) is 27.8 Å². The molecule has 3 aromatic heterocycles. The smallest absolute Gasteiger partial charge is 0.127 e. The molecule has 9 aromatic rings. The van der Waals surface area contributed by atoms with Crippen LogP contribution >= 0.6 is 0 Å². The highest BCUT2D eigenvalue weighted by Crippen LogP contribution is 2.41. The molecule has 0 spiro atoms. The number of hydrogen-bond donors (Lipinski definition) is 6. The second kappa shape index (κ2) is 13.0. The molecule has 9 rings (SSSR count). The number of rotatable bonds is 5. The van der Waals surface area contributed by atoms with Gasteiger partial charge in [-0.05, 0) is 85.5 Å². The predicted octanol–water partition coefficient (Wildman–Crippen LogP) is 7.82. The monoisotopic (exact) mass is 687 g/mol. The van der Waals surface area contributed by atoms with Crippen LogP contribution in [0.2, 0.25) is 0 Å². The molecule has 6 aromatic carbocycles. The minimum atomic E-state index is 0.159. The summed E-state index contributed by atoms with van der Waals surface area (Å²) < 4.78 is 0. The van der Waals surface area contributed by atoms with E-state index in [1.807, 2.05) is 112 Å². The lowest BCUT2D eigenvalue weighted by Gasteiger charge is -2.15. The first-order valence-corrected chi connectivity index (χ1v) is 16.6. The number of para-hydroxylation sites is 3. The van der Waals surface area contributed by atoms with Gasteiger partial charge in [-0.25, -0.2) is 0 Å². The standard InChI is InChI=1S/C27H22N6O2.C13H11N3O/c1-14-9-16(26(34)20(11-14)18-5-3-7-22-24(18)30-32-28-22)13-17-10-15(2)12-21(27(17)35)19-6-4-8-23-25(19)31-33-29-23;1-8-5-6-12(17)10(7-8)9-3-2-4-11-13(9)15-16-14-11/h3-12,34-35H,13H2,1-2H3,(H,28,30,32)(H,29,31,33);2-7,17H,1H3,(H,14,15,16). The van der Waals surface area contributed by atoms with Crippen molar-refractivity contribution in [3.63, 3.8) is 0 Å². The normalized spacial score (nSPS) is 11.3. The molecule has 0 aliphatic carbocycles. The molecule has 0 bridgehead atoms. The quantitative estimate of drug-likeness (QED) is 0.105. The number of H-pyrrole nitrogens is 3. The molecule has 0 aliphatic rings. The zero-order chi connectivity index (χ0) is 35.9. The first kappa shape index (κ1) is 32.1. The lowest BCUT2D eigenvalue weighted by Crippen LogP contribution is -1.96. The molecule has 0 atom stereocenters. The van der Waals surface area contributed by atoms with Crippen molar-refractivity contribution < 1.29 is 15.3 Å². The molecule has 0 fully saturated rings. The number of nitrogens with zero attached hydrogens (tertiary/aromatic N) is 6. The van der Waals surface area contributed by atoms with Gasteiger partial charge in [0.05, 0.1) is 0 Å². The summed E-state index contributed by atoms with van der Waals surface area (Å²) in [5.74, 6) is 0.574. The van der Waals surface area contributed by atoms with Crippen LogP contribution in [-0.2, 0) is 6.42 Å². The summed E-state index contributed by atoms with van der Waals surface area (Å²) in [4.78, 5) is 0. The van der Waals surface area contributed by atoms with Crippen LogP contribution in [0.25, 0.3) is 66.5 Å². The summed E-state index contributed by atoms with van der Waals surface area (Å²) in [5, 5.41) is 65.5. The molecule has 0 amide bonds. The van der Waals surface area contributed by atoms with Gasteiger partial charge in [0.2, 0.25) is 0 Å². The zero-order valence-corrected chi connectivity index (χ0v) is 28.5. The number of aryl methyl sites for hydroxylation is 3. The van der Waals surface area contributed by atoms with Gasteiger partial charge in [-0.2, -0.15) is 46.2 Å². The van der Waals surface area contributed by atoms with Crippen LogP contribution in [0, 0.1) is 20.8 Å². The number of hydrogen-bond acceptors (Lipinski definition) is 9. The third kappa shape index (κ3) is 5.81. The Bertz CT molecular complexity index is 2640. The van der Waals surface area contributed by atoms with Gasteiger partial charge in [-0.1, -0.05) is 60.2 Å². The fraction of sp³-hybridized carbons (Fsp3) is 0.100. The minimum Gasteiger partial charge on any atom is -0.507 e. The van der Waals surface area contributed by atoms with Crippen LogP contribution in [0.15, 0.2) is 97.1 Å². The Morgan fingerprint density at radius 1 is 0.423 bits per heavy atom. The van der Waals surface area contributed by atoms with Crippen molar-refractivity contribution in [3.8, 4) is 50.6 Å². The van der Waals surface area contributed by atoms with Gasteiger partial charge in [0, 0.05) is 39.8 Å². The van der Waals surface area contributed by atoms with E-state index < -0.39 is 0 Å². The molecule has 0 saturated carbocycles. The number of fused-ring (bicyclic) bond motifs is 3. The molecule has 256 valence electrons. The third-order valence-corrected chi connectivity index (χ3v) is 9.11. The molecule has 52 heavy (non-hydrogen) atoms. The number of aromatic amines is 3. The van der Waals surface area contributed by atoms with E-state index in [9.17, 15) is 15.3 Å². The Hall–Kier alpha value is -7.08. The van der Waals surface area contributed by atoms with Gasteiger partial charge in [-0.3, -0.25) is 0 Å². The highest BCUT2D eigenvalue weighted by atomic mass is 16.3. The summed E-state index contributed by atoms with van der Waals surface area (Å²) in [6.45, 7) is 5.97. The van der Waals surface area contributed by atoms with Gasteiger partial charge in [0.25, 0.3) is 0 Å². The average Bonchev–Trinajstić information content (AvgIpc) is 3.93. The summed E-state index contributed by atoms with van der Waals surface area (Å²) in [5.41, 5.74) is 13.6. The van der Waals surface area contributed by atoms with Crippen molar-refractivity contribution in [3.05, 3.63) is 125 Å². The topological polar surface area (TPSA) is 185 Å². The van der Waals surface area contributed by atoms with Crippen molar-refractivity contribution in [2.24, 2.45) is 0 Å². The van der Waals surface area contributed by atoms with Crippen molar-refractivity contribution in [2.75, 3.05) is 0 Å². The fourth-order valence-corrected chi connectivity index (χ4v) is 6.71. The molecule has 12 nitrogen and oxygen atoms in total. The summed E-state index contributed by atoms with van der Waals surface area (Å²) >= 11 is 0. The molecule has 6 N–H and O–H groups in total. The van der Waals surface area contributed by atoms with Crippen molar-refractivity contribution in [1.82, 2.24) is 46.2 Å². The van der Waals surface area contributed by atoms with Crippen LogP contribution in [0.4, 0.5) is 0 Å². The summed E-state index contributed by atoms with van der Waals surface area (Å²) in [6, 6.07) is 30.4. The molecule has 3 heterocycles. The van der Waals surface area contributed by atoms with Crippen molar-refractivity contribution in [2.45, 2.75) is 27.2 Å². The molecule has 0 aliphatic heterocycles. The van der Waals surface area contributed by atoms with E-state index in [-0.39, 0.29) is 17.2 Å². The van der Waals surface area contributed by atoms with Gasteiger partial charge in [0.15, 0.2) is 0 Å². The van der Waals surface area contributed by atoms with Crippen molar-refractivity contribution >= 4 is 33.1 Å². The van der Waals surface area contributed by atoms with E-state index in [0.29, 0.717) is 39.7 Å². The maximum atomic E-state index is 11.3. The number of nitrogens with one attached hydrogen (secondary N) is 3. The highest BCUT2D eigenvalue weighted by Gasteiger charge is 2.19. The van der Waals surface area contributed by atoms with Crippen LogP contribution in [0.5, 0.6) is 17.2 Å². The van der Waals surface area contributed by atoms with Gasteiger partial charge < -0.3 is 15.3 Å². The molecule has 0 unspecified atom stereocenters. The number of benzene rings is 6. The predicted molar refractivity (Wildman–Crippen MR) is 200 cm³/mol. The third-order valence-electron chi connectivity index (χ3n) is 9.11.